The van der Waals surface area contributed by atoms with E-state index in [0.29, 0.717) is 82.3 Å². The smallest absolute Gasteiger partial charge is 0.393 e. The molecule has 16 nitrogen and oxygen atoms in total. The minimum absolute atomic E-state index is 0. The SMILES string of the molecule is COc1cncc(-c2ccc(CN[C@@H]3C[C@H](Nc4ncnc5sc(CC(F)(F)F)cc45)C[C@H](C(=O)N(C)C)C3)cc2)c1.COc1cncc(-c2ccc(CN[C@@H]3C[C@H](Nc4ncnc5sc(CC(F)(F)F)cc45)C[C@H](C(=O)N(C)C)C3)cc2)c1.Cl. The molecule has 0 unspecified atom stereocenters. The Hall–Kier alpha value is -7.25. The van der Waals surface area contributed by atoms with Gasteiger partial charge in [0.15, 0.2) is 0 Å². The third-order valence-corrected chi connectivity index (χ3v) is 16.9. The number of hydrogen-bond acceptors (Lipinski definition) is 16. The number of alkyl halides is 6. The van der Waals surface area contributed by atoms with Crippen LogP contribution in [0.3, 0.4) is 0 Å². The van der Waals surface area contributed by atoms with Crippen LogP contribution in [0.5, 0.6) is 11.5 Å². The lowest BCUT2D eigenvalue weighted by Crippen LogP contribution is -2.46. The highest BCUT2D eigenvalue weighted by atomic mass is 35.5. The Morgan fingerprint density at radius 3 is 1.26 bits per heavy atom. The molecule has 2 aromatic carbocycles. The Kier molecular flexibility index (Phi) is 21.2. The lowest BCUT2D eigenvalue weighted by molar-refractivity contribution is -0.135. The Balaban J connectivity index is 0.000000219. The predicted octanol–water partition coefficient (Wildman–Crippen LogP) is 11.8. The number of aromatic nitrogens is 6. The quantitative estimate of drug-likeness (QED) is 0.0595. The molecular formula is C60H67ClF6N12O4S2. The van der Waals surface area contributed by atoms with Crippen molar-refractivity contribution < 1.29 is 45.4 Å². The third-order valence-electron chi connectivity index (χ3n) is 14.8. The fourth-order valence-electron chi connectivity index (χ4n) is 10.9. The van der Waals surface area contributed by atoms with Crippen LogP contribution in [0.2, 0.25) is 0 Å². The van der Waals surface area contributed by atoms with Crippen molar-refractivity contribution in [3.8, 4) is 33.8 Å². The standard InChI is InChI=1S/2C30H33F3N6O2S.ClH/c2*1-39(2)29(40)20-8-22(35-14-18-4-6-19(7-5-18)21-10-24(41-3)16-34-15-21)11-23(9-20)38-27-26-12-25(13-30(31,32)33)42-28(26)37-17-36-27;/h2*4-7,10,12,15-17,20,22-23,35H,8-9,11,13-14H2,1-3H3,(H,36,37,38);1H/t2*20-,22+,23-;/m11./s1. The maximum atomic E-state index is 13.0. The number of pyridine rings is 2. The van der Waals surface area contributed by atoms with Crippen molar-refractivity contribution in [2.24, 2.45) is 11.8 Å². The average molecular weight is 1230 g/mol. The summed E-state index contributed by atoms with van der Waals surface area (Å²) in [5.74, 6) is 2.09. The molecule has 0 bridgehead atoms. The molecule has 0 radical (unpaired) electrons. The van der Waals surface area contributed by atoms with Crippen LogP contribution in [0.1, 0.15) is 59.4 Å². The molecule has 10 rings (SSSR count). The summed E-state index contributed by atoms with van der Waals surface area (Å²) < 4.78 is 88.5. The maximum Gasteiger partial charge on any atom is 0.393 e. The molecule has 452 valence electrons. The number of thiophene rings is 2. The second-order valence-electron chi connectivity index (χ2n) is 21.6. The molecule has 6 heterocycles. The van der Waals surface area contributed by atoms with Gasteiger partial charge in [0.1, 0.15) is 45.5 Å². The first-order valence-corrected chi connectivity index (χ1v) is 29.0. The second-order valence-corrected chi connectivity index (χ2v) is 23.9. The van der Waals surface area contributed by atoms with Crippen LogP contribution in [0.4, 0.5) is 38.0 Å². The molecule has 6 atom stereocenters. The summed E-state index contributed by atoms with van der Waals surface area (Å²) in [6, 6.07) is 23.3. The van der Waals surface area contributed by atoms with Gasteiger partial charge < -0.3 is 40.5 Å². The average Bonchev–Trinajstić information content (AvgIpc) is 2.74. The van der Waals surface area contributed by atoms with Crippen molar-refractivity contribution in [2.45, 2.75) is 101 Å². The summed E-state index contributed by atoms with van der Waals surface area (Å²) in [7, 11) is 10.2. The van der Waals surface area contributed by atoms with E-state index < -0.39 is 25.2 Å². The lowest BCUT2D eigenvalue weighted by atomic mass is 9.81. The van der Waals surface area contributed by atoms with Crippen molar-refractivity contribution in [3.63, 3.8) is 0 Å². The number of fused-ring (bicyclic) bond motifs is 2. The Morgan fingerprint density at radius 1 is 0.529 bits per heavy atom. The Bertz CT molecular complexity index is 3290. The van der Waals surface area contributed by atoms with Gasteiger partial charge in [-0.3, -0.25) is 19.6 Å². The number of hydrogen-bond donors (Lipinski definition) is 4. The van der Waals surface area contributed by atoms with Crippen molar-refractivity contribution in [2.75, 3.05) is 53.0 Å². The van der Waals surface area contributed by atoms with Crippen molar-refractivity contribution >= 4 is 79.0 Å². The number of nitrogens with one attached hydrogen (secondary N) is 4. The van der Waals surface area contributed by atoms with E-state index in [9.17, 15) is 35.9 Å². The predicted molar refractivity (Wildman–Crippen MR) is 322 cm³/mol. The molecule has 25 heteroatoms. The molecule has 2 amide bonds. The summed E-state index contributed by atoms with van der Waals surface area (Å²) in [5, 5.41) is 15.3. The van der Waals surface area contributed by atoms with Gasteiger partial charge in [-0.05, 0) is 85.0 Å². The zero-order chi connectivity index (χ0) is 59.7. The Morgan fingerprint density at radius 2 is 0.906 bits per heavy atom. The minimum atomic E-state index is -4.30. The molecule has 2 aliphatic rings. The third kappa shape index (κ3) is 17.5. The highest BCUT2D eigenvalue weighted by Gasteiger charge is 2.37. The number of rotatable bonds is 18. The zero-order valence-corrected chi connectivity index (χ0v) is 50.1. The molecule has 8 aromatic rings. The molecule has 2 aliphatic carbocycles. The van der Waals surface area contributed by atoms with Gasteiger partial charge in [-0.2, -0.15) is 26.3 Å². The van der Waals surface area contributed by atoms with Gasteiger partial charge in [-0.1, -0.05) is 48.5 Å². The molecular weight excluding hydrogens is 1170 g/mol. The first-order valence-electron chi connectivity index (χ1n) is 27.3. The van der Waals surface area contributed by atoms with Gasteiger partial charge in [0.25, 0.3) is 0 Å². The number of carbonyl (C=O) groups is 2. The molecule has 85 heavy (non-hydrogen) atoms. The summed E-state index contributed by atoms with van der Waals surface area (Å²) in [4.78, 5) is 56.2. The number of amides is 2. The fourth-order valence-corrected chi connectivity index (χ4v) is 12.9. The fraction of sp³-hybridized carbons (Fsp3) is 0.400. The van der Waals surface area contributed by atoms with Crippen LogP contribution in [0.25, 0.3) is 42.7 Å². The molecule has 0 aliphatic heterocycles. The van der Waals surface area contributed by atoms with Crippen molar-refractivity contribution in [1.82, 2.24) is 50.3 Å². The first kappa shape index (κ1) is 63.8. The Labute approximate surface area is 503 Å². The summed E-state index contributed by atoms with van der Waals surface area (Å²) in [6.45, 7) is 1.25. The lowest BCUT2D eigenvalue weighted by Gasteiger charge is -2.36. The topological polar surface area (TPSA) is 185 Å². The van der Waals surface area contributed by atoms with Crippen molar-refractivity contribution in [3.05, 3.63) is 131 Å². The molecule has 2 fully saturated rings. The highest BCUT2D eigenvalue weighted by Crippen LogP contribution is 2.37. The van der Waals surface area contributed by atoms with Gasteiger partial charge in [-0.25, -0.2) is 19.9 Å². The molecule has 2 saturated carbocycles. The van der Waals surface area contributed by atoms with Gasteiger partial charge >= 0.3 is 12.4 Å². The van der Waals surface area contributed by atoms with E-state index in [1.807, 2.05) is 36.4 Å². The van der Waals surface area contributed by atoms with E-state index in [1.54, 1.807) is 77.0 Å². The number of benzene rings is 2. The summed E-state index contributed by atoms with van der Waals surface area (Å²) in [6.07, 6.45) is 3.12. The number of carbonyl (C=O) groups excluding carboxylic acids is 2. The normalized spacial score (nSPS) is 18.8. The van der Waals surface area contributed by atoms with E-state index in [-0.39, 0.29) is 70.0 Å². The second kappa shape index (κ2) is 28.3. The van der Waals surface area contributed by atoms with Crippen LogP contribution in [-0.2, 0) is 35.5 Å². The molecule has 0 spiro atoms. The van der Waals surface area contributed by atoms with Crippen LogP contribution >= 0.6 is 35.1 Å². The van der Waals surface area contributed by atoms with E-state index in [2.05, 4.69) is 75.4 Å². The first-order chi connectivity index (χ1) is 40.1. The molecule has 4 N–H and O–H groups in total. The van der Waals surface area contributed by atoms with Crippen molar-refractivity contribution in [1.29, 1.82) is 0 Å². The number of halogens is 7. The largest absolute Gasteiger partial charge is 0.495 e. The maximum absolute atomic E-state index is 13.0. The van der Waals surface area contributed by atoms with Crippen LogP contribution in [0.15, 0.2) is 110 Å². The number of ether oxygens (including phenoxy) is 2. The summed E-state index contributed by atoms with van der Waals surface area (Å²) in [5.41, 5.74) is 6.21. The van der Waals surface area contributed by atoms with Crippen LogP contribution in [0, 0.1) is 11.8 Å². The zero-order valence-electron chi connectivity index (χ0n) is 47.6. The number of anilines is 2. The number of methoxy groups -OCH3 is 2. The monoisotopic (exact) mass is 1230 g/mol. The van der Waals surface area contributed by atoms with E-state index in [1.165, 1.54) is 24.8 Å². The summed E-state index contributed by atoms with van der Waals surface area (Å²) >= 11 is 2.05. The molecule has 0 saturated heterocycles. The highest BCUT2D eigenvalue weighted by molar-refractivity contribution is 7.19. The number of nitrogens with zero attached hydrogens (tertiary/aromatic N) is 8. The van der Waals surface area contributed by atoms with Gasteiger partial charge in [0.05, 0.1) is 50.2 Å². The van der Waals surface area contributed by atoms with E-state index in [4.69, 9.17) is 9.47 Å². The van der Waals surface area contributed by atoms with Crippen LogP contribution < -0.4 is 30.7 Å². The van der Waals surface area contributed by atoms with Gasteiger partial charge in [0.2, 0.25) is 11.8 Å². The van der Waals surface area contributed by atoms with E-state index >= 15 is 0 Å². The minimum Gasteiger partial charge on any atom is -0.495 e. The van der Waals surface area contributed by atoms with Gasteiger partial charge in [-0.15, -0.1) is 35.1 Å². The van der Waals surface area contributed by atoms with Crippen LogP contribution in [-0.4, -0.2) is 130 Å². The van der Waals surface area contributed by atoms with Gasteiger partial charge in [0, 0.05) is 111 Å². The molecule has 6 aromatic heterocycles. The van der Waals surface area contributed by atoms with E-state index in [0.717, 1.165) is 68.9 Å².